The second-order valence-electron chi connectivity index (χ2n) is 2.64. The van der Waals surface area contributed by atoms with Gasteiger partial charge in [0.15, 0.2) is 0 Å². The first-order valence-corrected chi connectivity index (χ1v) is 4.86. The highest BCUT2D eigenvalue weighted by Gasteiger charge is 1.90. The van der Waals surface area contributed by atoms with Crippen molar-refractivity contribution in [3.63, 3.8) is 0 Å². The maximum absolute atomic E-state index is 8.40. The molecule has 0 heterocycles. The molecule has 0 fully saturated rings. The molecule has 0 saturated heterocycles. The number of aliphatic hydroxyl groups is 1. The van der Waals surface area contributed by atoms with Crippen LogP contribution < -0.4 is 0 Å². The minimum Gasteiger partial charge on any atom is -0.394 e. The number of hydrogen-bond acceptors (Lipinski definition) is 4. The molecule has 1 N–H and O–H groups in total. The molecule has 0 aromatic carbocycles. The molecule has 0 unspecified atom stereocenters. The van der Waals surface area contributed by atoms with Gasteiger partial charge in [-0.3, -0.25) is 0 Å². The van der Waals surface area contributed by atoms with Gasteiger partial charge in [0.2, 0.25) is 0 Å². The first kappa shape index (κ1) is 13.6. The Kier molecular flexibility index (Phi) is 12.2. The molecule has 0 aromatic rings. The third-order valence-corrected chi connectivity index (χ3v) is 1.45. The van der Waals surface area contributed by atoms with Crippen LogP contribution in [0.3, 0.4) is 0 Å². The molecule has 0 spiro atoms. The monoisotopic (exact) mass is 204 g/mol. The lowest BCUT2D eigenvalue weighted by Crippen LogP contribution is -2.10. The standard InChI is InChI=1S/C10H20O4/c1-2-3-5-12-7-9-14-10-8-13-6-4-11/h2,11H,1,3-10H2. The van der Waals surface area contributed by atoms with Crippen LogP contribution >= 0.6 is 0 Å². The highest BCUT2D eigenvalue weighted by Crippen LogP contribution is 1.84. The van der Waals surface area contributed by atoms with E-state index in [-0.39, 0.29) is 6.61 Å². The van der Waals surface area contributed by atoms with Crippen molar-refractivity contribution >= 4 is 0 Å². The van der Waals surface area contributed by atoms with Crippen LogP contribution in [-0.2, 0) is 14.2 Å². The summed E-state index contributed by atoms with van der Waals surface area (Å²) >= 11 is 0. The summed E-state index contributed by atoms with van der Waals surface area (Å²) in [6, 6.07) is 0. The topological polar surface area (TPSA) is 47.9 Å². The Bertz CT molecular complexity index is 117. The van der Waals surface area contributed by atoms with E-state index in [0.717, 1.165) is 6.42 Å². The quantitative estimate of drug-likeness (QED) is 0.395. The Hall–Kier alpha value is -0.420. The smallest absolute Gasteiger partial charge is 0.0701 e. The Morgan fingerprint density at radius 3 is 1.86 bits per heavy atom. The SMILES string of the molecule is C=CCCOCCOCCOCCO. The van der Waals surface area contributed by atoms with Gasteiger partial charge in [0.1, 0.15) is 0 Å². The van der Waals surface area contributed by atoms with Gasteiger partial charge in [0, 0.05) is 0 Å². The van der Waals surface area contributed by atoms with Gasteiger partial charge in [-0.25, -0.2) is 0 Å². The number of rotatable bonds is 11. The number of hydrogen-bond donors (Lipinski definition) is 1. The summed E-state index contributed by atoms with van der Waals surface area (Å²) < 4.78 is 15.4. The molecular formula is C10H20O4. The fourth-order valence-electron chi connectivity index (χ4n) is 0.773. The molecule has 0 atom stereocenters. The minimum absolute atomic E-state index is 0.0602. The van der Waals surface area contributed by atoms with Crippen LogP contribution in [0, 0.1) is 0 Å². The lowest BCUT2D eigenvalue weighted by atomic mass is 10.5. The Morgan fingerprint density at radius 1 is 0.857 bits per heavy atom. The van der Waals surface area contributed by atoms with Crippen LogP contribution in [0.15, 0.2) is 12.7 Å². The molecule has 0 radical (unpaired) electrons. The van der Waals surface area contributed by atoms with Crippen molar-refractivity contribution < 1.29 is 19.3 Å². The van der Waals surface area contributed by atoms with Gasteiger partial charge in [-0.2, -0.15) is 0 Å². The second kappa shape index (κ2) is 12.6. The van der Waals surface area contributed by atoms with Gasteiger partial charge in [-0.15, -0.1) is 6.58 Å². The average molecular weight is 204 g/mol. The van der Waals surface area contributed by atoms with Crippen LogP contribution in [-0.4, -0.2) is 51.4 Å². The number of aliphatic hydroxyl groups excluding tert-OH is 1. The van der Waals surface area contributed by atoms with Crippen LogP contribution in [0.25, 0.3) is 0 Å². The predicted molar refractivity (Wildman–Crippen MR) is 54.4 cm³/mol. The van der Waals surface area contributed by atoms with E-state index in [1.807, 2.05) is 6.08 Å². The highest BCUT2D eigenvalue weighted by atomic mass is 16.5. The Labute approximate surface area is 85.5 Å². The molecule has 4 nitrogen and oxygen atoms in total. The average Bonchev–Trinajstić information content (AvgIpc) is 2.21. The van der Waals surface area contributed by atoms with Gasteiger partial charge >= 0.3 is 0 Å². The van der Waals surface area contributed by atoms with E-state index in [2.05, 4.69) is 6.58 Å². The molecular weight excluding hydrogens is 184 g/mol. The highest BCUT2D eigenvalue weighted by molar-refractivity contribution is 4.64. The Morgan fingerprint density at radius 2 is 1.36 bits per heavy atom. The van der Waals surface area contributed by atoms with Gasteiger partial charge in [0.25, 0.3) is 0 Å². The van der Waals surface area contributed by atoms with Gasteiger partial charge in [-0.1, -0.05) is 6.08 Å². The van der Waals surface area contributed by atoms with E-state index < -0.39 is 0 Å². The summed E-state index contributed by atoms with van der Waals surface area (Å²) in [7, 11) is 0. The van der Waals surface area contributed by atoms with E-state index in [1.165, 1.54) is 0 Å². The zero-order valence-electron chi connectivity index (χ0n) is 8.61. The molecule has 0 amide bonds. The molecule has 0 aliphatic rings. The zero-order chi connectivity index (χ0) is 10.5. The van der Waals surface area contributed by atoms with Crippen LogP contribution in [0.5, 0.6) is 0 Å². The summed E-state index contributed by atoms with van der Waals surface area (Å²) in [5.74, 6) is 0. The normalized spacial score (nSPS) is 10.4. The van der Waals surface area contributed by atoms with E-state index in [9.17, 15) is 0 Å². The lowest BCUT2D eigenvalue weighted by molar-refractivity contribution is 0.00839. The van der Waals surface area contributed by atoms with Gasteiger partial charge in [-0.05, 0) is 6.42 Å². The van der Waals surface area contributed by atoms with Crippen molar-refractivity contribution in [2.24, 2.45) is 0 Å². The third kappa shape index (κ3) is 11.6. The number of ether oxygens (including phenoxy) is 3. The molecule has 0 bridgehead atoms. The second-order valence-corrected chi connectivity index (χ2v) is 2.64. The first-order valence-electron chi connectivity index (χ1n) is 4.86. The molecule has 84 valence electrons. The van der Waals surface area contributed by atoms with Crippen molar-refractivity contribution in [2.75, 3.05) is 46.2 Å². The maximum atomic E-state index is 8.40. The minimum atomic E-state index is 0.0602. The van der Waals surface area contributed by atoms with Crippen LogP contribution in [0.2, 0.25) is 0 Å². The van der Waals surface area contributed by atoms with Crippen LogP contribution in [0.4, 0.5) is 0 Å². The summed E-state index contributed by atoms with van der Waals surface area (Å²) in [5.41, 5.74) is 0. The fourth-order valence-corrected chi connectivity index (χ4v) is 0.773. The van der Waals surface area contributed by atoms with E-state index in [0.29, 0.717) is 39.6 Å². The van der Waals surface area contributed by atoms with Gasteiger partial charge in [0.05, 0.1) is 46.2 Å². The summed E-state index contributed by atoms with van der Waals surface area (Å²) in [6.45, 7) is 6.98. The third-order valence-electron chi connectivity index (χ3n) is 1.45. The Balaban J connectivity index is 2.81. The van der Waals surface area contributed by atoms with Crippen molar-refractivity contribution in [3.8, 4) is 0 Å². The van der Waals surface area contributed by atoms with Crippen molar-refractivity contribution in [1.82, 2.24) is 0 Å². The van der Waals surface area contributed by atoms with E-state index in [1.54, 1.807) is 0 Å². The molecule has 4 heteroatoms. The van der Waals surface area contributed by atoms with E-state index in [4.69, 9.17) is 19.3 Å². The molecule has 0 rings (SSSR count). The van der Waals surface area contributed by atoms with Gasteiger partial charge < -0.3 is 19.3 Å². The zero-order valence-corrected chi connectivity index (χ0v) is 8.61. The largest absolute Gasteiger partial charge is 0.394 e. The van der Waals surface area contributed by atoms with Crippen LogP contribution in [0.1, 0.15) is 6.42 Å². The maximum Gasteiger partial charge on any atom is 0.0701 e. The molecule has 0 saturated carbocycles. The molecule has 0 aromatic heterocycles. The first-order chi connectivity index (χ1) is 6.91. The summed E-state index contributed by atoms with van der Waals surface area (Å²) in [6.07, 6.45) is 2.70. The van der Waals surface area contributed by atoms with E-state index >= 15 is 0 Å². The molecule has 0 aliphatic heterocycles. The molecule has 0 aliphatic carbocycles. The van der Waals surface area contributed by atoms with Crippen molar-refractivity contribution in [2.45, 2.75) is 6.42 Å². The van der Waals surface area contributed by atoms with Crippen molar-refractivity contribution in [3.05, 3.63) is 12.7 Å². The summed E-state index contributed by atoms with van der Waals surface area (Å²) in [5, 5.41) is 8.40. The molecule has 14 heavy (non-hydrogen) atoms. The lowest BCUT2D eigenvalue weighted by Gasteiger charge is -2.05. The summed E-state index contributed by atoms with van der Waals surface area (Å²) in [4.78, 5) is 0. The van der Waals surface area contributed by atoms with Crippen molar-refractivity contribution in [1.29, 1.82) is 0 Å². The predicted octanol–water partition coefficient (Wildman–Crippen LogP) is 0.605. The fraction of sp³-hybridized carbons (Fsp3) is 0.800.